The lowest BCUT2D eigenvalue weighted by Crippen LogP contribution is -2.22. The van der Waals surface area contributed by atoms with Gasteiger partial charge in [-0.1, -0.05) is 6.07 Å². The lowest BCUT2D eigenvalue weighted by atomic mass is 10.1. The number of nitrogens with zero attached hydrogens (tertiary/aromatic N) is 2. The second kappa shape index (κ2) is 8.06. The Kier molecular flexibility index (Phi) is 5.71. The summed E-state index contributed by atoms with van der Waals surface area (Å²) >= 11 is 0. The Morgan fingerprint density at radius 2 is 1.69 bits per heavy atom. The molecule has 1 aliphatic rings. The van der Waals surface area contributed by atoms with Crippen LogP contribution in [0, 0.1) is 0 Å². The number of hydrogen-bond donors (Lipinski definition) is 0. The average molecular weight is 416 g/mol. The van der Waals surface area contributed by atoms with E-state index in [0.29, 0.717) is 22.6 Å². The van der Waals surface area contributed by atoms with Crippen LogP contribution in [0.5, 0.6) is 11.5 Å². The minimum absolute atomic E-state index is 0.0342. The fourth-order valence-corrected chi connectivity index (χ4v) is 3.55. The second-order valence-electron chi connectivity index (χ2n) is 6.30. The predicted octanol–water partition coefficient (Wildman–Crippen LogP) is 2.30. The molecule has 3 rings (SSSR count). The van der Waals surface area contributed by atoms with Crippen LogP contribution in [0.15, 0.2) is 58.0 Å². The Morgan fingerprint density at radius 1 is 1.03 bits per heavy atom. The molecule has 0 saturated carbocycles. The molecule has 0 unspecified atom stereocenters. The molecule has 0 saturated heterocycles. The van der Waals surface area contributed by atoms with Crippen molar-refractivity contribution in [3.8, 4) is 11.5 Å². The van der Waals surface area contributed by atoms with Crippen LogP contribution >= 0.6 is 0 Å². The van der Waals surface area contributed by atoms with E-state index in [9.17, 15) is 13.2 Å². The van der Waals surface area contributed by atoms with Gasteiger partial charge in [0.15, 0.2) is 5.70 Å². The first-order valence-electron chi connectivity index (χ1n) is 8.53. The average Bonchev–Trinajstić information content (AvgIpc) is 3.07. The summed E-state index contributed by atoms with van der Waals surface area (Å²) in [7, 11) is 2.32. The van der Waals surface area contributed by atoms with Gasteiger partial charge in [-0.15, -0.1) is 0 Å². The van der Waals surface area contributed by atoms with Gasteiger partial charge in [0.25, 0.3) is 0 Å². The van der Waals surface area contributed by atoms with Gasteiger partial charge in [-0.05, 0) is 42.0 Å². The van der Waals surface area contributed by atoms with E-state index < -0.39 is 16.0 Å². The van der Waals surface area contributed by atoms with Crippen LogP contribution in [0.3, 0.4) is 0 Å². The number of methoxy groups -OCH3 is 2. The van der Waals surface area contributed by atoms with Crippen LogP contribution in [0.4, 0.5) is 0 Å². The van der Waals surface area contributed by atoms with Gasteiger partial charge in [0.05, 0.1) is 19.1 Å². The molecule has 0 bridgehead atoms. The van der Waals surface area contributed by atoms with Crippen molar-refractivity contribution < 1.29 is 27.4 Å². The Balaban J connectivity index is 1.98. The zero-order valence-electron chi connectivity index (χ0n) is 16.4. The Hall–Kier alpha value is -3.17. The smallest absolute Gasteiger partial charge is 0.363 e. The molecule has 0 radical (unpaired) electrons. The Bertz CT molecular complexity index is 1100. The topological polar surface area (TPSA) is 94.5 Å². The standard InChI is InChI=1S/C20H20N2O6S/c1-22(2)29(24,25)17-7-5-6-14(11-17)19-21-18(20(23)28-19)10-13-8-15(26-3)12-16(9-13)27-4/h5-12H,1-4H3/b18-10-. The molecule has 0 aromatic heterocycles. The number of rotatable bonds is 6. The highest BCUT2D eigenvalue weighted by molar-refractivity contribution is 7.89. The van der Waals surface area contributed by atoms with Gasteiger partial charge in [-0.2, -0.15) is 0 Å². The molecule has 0 amide bonds. The molecule has 0 fully saturated rings. The van der Waals surface area contributed by atoms with E-state index in [0.717, 1.165) is 4.31 Å². The van der Waals surface area contributed by atoms with Gasteiger partial charge in [-0.3, -0.25) is 0 Å². The molecular formula is C20H20N2O6S. The van der Waals surface area contributed by atoms with Crippen molar-refractivity contribution in [1.29, 1.82) is 0 Å². The molecule has 0 N–H and O–H groups in total. The van der Waals surface area contributed by atoms with Gasteiger partial charge in [-0.25, -0.2) is 22.5 Å². The van der Waals surface area contributed by atoms with Crippen molar-refractivity contribution in [2.24, 2.45) is 4.99 Å². The fraction of sp³-hybridized carbons (Fsp3) is 0.200. The van der Waals surface area contributed by atoms with Crippen molar-refractivity contribution in [2.45, 2.75) is 4.90 Å². The molecule has 2 aromatic carbocycles. The maximum atomic E-state index is 12.3. The van der Waals surface area contributed by atoms with Crippen LogP contribution < -0.4 is 9.47 Å². The zero-order valence-corrected chi connectivity index (χ0v) is 17.2. The number of cyclic esters (lactones) is 1. The summed E-state index contributed by atoms with van der Waals surface area (Å²) in [5, 5.41) is 0. The van der Waals surface area contributed by atoms with Crippen LogP contribution in [0.25, 0.3) is 6.08 Å². The molecule has 2 aromatic rings. The highest BCUT2D eigenvalue weighted by atomic mass is 32.2. The molecule has 0 aliphatic carbocycles. The number of ether oxygens (including phenoxy) is 3. The Labute approximate surface area is 169 Å². The van der Waals surface area contributed by atoms with E-state index in [1.807, 2.05) is 0 Å². The molecule has 8 nitrogen and oxygen atoms in total. The Morgan fingerprint density at radius 3 is 2.28 bits per heavy atom. The maximum absolute atomic E-state index is 12.3. The third kappa shape index (κ3) is 4.30. The van der Waals surface area contributed by atoms with E-state index in [1.165, 1.54) is 40.4 Å². The number of benzene rings is 2. The fourth-order valence-electron chi connectivity index (χ4n) is 2.60. The minimum atomic E-state index is -3.62. The van der Waals surface area contributed by atoms with Crippen molar-refractivity contribution in [2.75, 3.05) is 28.3 Å². The van der Waals surface area contributed by atoms with Crippen molar-refractivity contribution in [1.82, 2.24) is 4.31 Å². The first kappa shape index (κ1) is 20.6. The summed E-state index contributed by atoms with van der Waals surface area (Å²) in [5.74, 6) is 0.524. The molecule has 29 heavy (non-hydrogen) atoms. The summed E-state index contributed by atoms with van der Waals surface area (Å²) in [6, 6.07) is 11.2. The predicted molar refractivity (Wildman–Crippen MR) is 107 cm³/mol. The summed E-state index contributed by atoms with van der Waals surface area (Å²) in [4.78, 5) is 16.6. The third-order valence-corrected chi connectivity index (χ3v) is 5.97. The van der Waals surface area contributed by atoms with E-state index in [4.69, 9.17) is 14.2 Å². The highest BCUT2D eigenvalue weighted by Crippen LogP contribution is 2.26. The van der Waals surface area contributed by atoms with E-state index in [-0.39, 0.29) is 16.5 Å². The normalized spacial score (nSPS) is 15.4. The monoisotopic (exact) mass is 416 g/mol. The molecule has 1 heterocycles. The molecule has 1 aliphatic heterocycles. The van der Waals surface area contributed by atoms with Crippen LogP contribution in [0.2, 0.25) is 0 Å². The number of aliphatic imine (C=N–C) groups is 1. The van der Waals surface area contributed by atoms with E-state index in [1.54, 1.807) is 36.4 Å². The molecule has 9 heteroatoms. The summed E-state index contributed by atoms with van der Waals surface area (Å²) in [6.45, 7) is 0. The largest absolute Gasteiger partial charge is 0.497 e. The molecule has 0 spiro atoms. The molecule has 0 atom stereocenters. The third-order valence-electron chi connectivity index (χ3n) is 4.16. The molecular weight excluding hydrogens is 396 g/mol. The summed E-state index contributed by atoms with van der Waals surface area (Å²) < 4.78 is 41.5. The number of carbonyl (C=O) groups excluding carboxylic acids is 1. The zero-order chi connectivity index (χ0) is 21.2. The number of sulfonamides is 1. The van der Waals surface area contributed by atoms with Crippen molar-refractivity contribution in [3.05, 3.63) is 59.3 Å². The first-order valence-corrected chi connectivity index (χ1v) is 9.97. The van der Waals surface area contributed by atoms with Crippen LogP contribution in [0.1, 0.15) is 11.1 Å². The maximum Gasteiger partial charge on any atom is 0.363 e. The minimum Gasteiger partial charge on any atom is -0.497 e. The SMILES string of the molecule is COc1cc(/C=C2\N=C(c3cccc(S(=O)(=O)N(C)C)c3)OC2=O)cc(OC)c1. The van der Waals surface area contributed by atoms with Crippen LogP contribution in [-0.2, 0) is 19.6 Å². The van der Waals surface area contributed by atoms with Crippen molar-refractivity contribution >= 4 is 28.0 Å². The van der Waals surface area contributed by atoms with Crippen LogP contribution in [-0.4, -0.2) is 52.9 Å². The second-order valence-corrected chi connectivity index (χ2v) is 8.45. The quantitative estimate of drug-likeness (QED) is 0.530. The van der Waals surface area contributed by atoms with Gasteiger partial charge < -0.3 is 14.2 Å². The van der Waals surface area contributed by atoms with Crippen molar-refractivity contribution in [3.63, 3.8) is 0 Å². The lowest BCUT2D eigenvalue weighted by molar-refractivity contribution is -0.129. The number of carbonyl (C=O) groups is 1. The summed E-state index contributed by atoms with van der Waals surface area (Å²) in [6.07, 6.45) is 1.54. The number of hydrogen-bond acceptors (Lipinski definition) is 7. The van der Waals surface area contributed by atoms with Gasteiger partial charge in [0.2, 0.25) is 15.9 Å². The lowest BCUT2D eigenvalue weighted by Gasteiger charge is -2.11. The van der Waals surface area contributed by atoms with Gasteiger partial charge in [0.1, 0.15) is 11.5 Å². The molecule has 152 valence electrons. The van der Waals surface area contributed by atoms with E-state index >= 15 is 0 Å². The number of esters is 1. The van der Waals surface area contributed by atoms with E-state index in [2.05, 4.69) is 4.99 Å². The van der Waals surface area contributed by atoms with Gasteiger partial charge in [0, 0.05) is 25.7 Å². The van der Waals surface area contributed by atoms with Gasteiger partial charge >= 0.3 is 5.97 Å². The first-order chi connectivity index (χ1) is 13.7. The summed E-state index contributed by atoms with van der Waals surface area (Å²) in [5.41, 5.74) is 1.10. The highest BCUT2D eigenvalue weighted by Gasteiger charge is 2.26.